The minimum absolute atomic E-state index is 0.140. The monoisotopic (exact) mass is 485 g/mol. The Morgan fingerprint density at radius 1 is 1.18 bits per heavy atom. The lowest BCUT2D eigenvalue weighted by molar-refractivity contribution is -0.147. The van der Waals surface area contributed by atoms with Gasteiger partial charge >= 0.3 is 5.92 Å². The number of hydrogen-bond donors (Lipinski definition) is 2. The maximum absolute atomic E-state index is 14.6. The van der Waals surface area contributed by atoms with Gasteiger partial charge in [-0.3, -0.25) is 24.5 Å². The van der Waals surface area contributed by atoms with Crippen LogP contribution in [0.4, 0.5) is 8.78 Å². The standard InChI is InChI=1S/C22H20B2ClF2N3O4/c23-17-10(9-28-21(34)22(26,27)11-2-4-12(25)5-3-11)1-6-13-16(17)18(24)30(20(13)33)14-7-8-15(31)29-19(14)32/h1-6,14,18H,7-9,23-24H2,(H,28,34)(H,29,31,32). The van der Waals surface area contributed by atoms with Crippen LogP contribution in [0.15, 0.2) is 36.4 Å². The predicted molar refractivity (Wildman–Crippen MR) is 125 cm³/mol. The van der Waals surface area contributed by atoms with Gasteiger partial charge < -0.3 is 10.2 Å². The number of amides is 4. The van der Waals surface area contributed by atoms with Crippen LogP contribution in [0.5, 0.6) is 0 Å². The van der Waals surface area contributed by atoms with Gasteiger partial charge in [-0.1, -0.05) is 35.3 Å². The number of nitrogens with one attached hydrogen (secondary N) is 2. The Bertz CT molecular complexity index is 1210. The first kappa shape index (κ1) is 23.9. The second-order valence-electron chi connectivity index (χ2n) is 8.43. The highest BCUT2D eigenvalue weighted by molar-refractivity contribution is 6.37. The molecule has 0 saturated carbocycles. The Morgan fingerprint density at radius 3 is 2.50 bits per heavy atom. The Hall–Kier alpha value is -3.20. The van der Waals surface area contributed by atoms with Gasteiger partial charge in [0.2, 0.25) is 11.8 Å². The first-order chi connectivity index (χ1) is 16.0. The topological polar surface area (TPSA) is 95.6 Å². The van der Waals surface area contributed by atoms with Gasteiger partial charge in [-0.25, -0.2) is 0 Å². The molecule has 2 aromatic carbocycles. The Morgan fingerprint density at radius 2 is 1.85 bits per heavy atom. The molecule has 2 aliphatic rings. The average Bonchev–Trinajstić information content (AvgIpc) is 3.04. The van der Waals surface area contributed by atoms with E-state index < -0.39 is 35.3 Å². The summed E-state index contributed by atoms with van der Waals surface area (Å²) in [5.41, 5.74) is 1.85. The van der Waals surface area contributed by atoms with Crippen LogP contribution in [0, 0.1) is 0 Å². The van der Waals surface area contributed by atoms with Crippen LogP contribution < -0.4 is 16.1 Å². The molecule has 0 spiro atoms. The molecule has 4 amide bonds. The van der Waals surface area contributed by atoms with Crippen molar-refractivity contribution in [1.29, 1.82) is 0 Å². The van der Waals surface area contributed by atoms with E-state index in [4.69, 9.17) is 11.6 Å². The van der Waals surface area contributed by atoms with E-state index >= 15 is 0 Å². The minimum atomic E-state index is -3.75. The van der Waals surface area contributed by atoms with Crippen molar-refractivity contribution >= 4 is 56.4 Å². The van der Waals surface area contributed by atoms with Gasteiger partial charge in [-0.15, -0.1) is 0 Å². The van der Waals surface area contributed by atoms with Gasteiger partial charge in [0.25, 0.3) is 11.8 Å². The lowest BCUT2D eigenvalue weighted by atomic mass is 9.76. The summed E-state index contributed by atoms with van der Waals surface area (Å²) < 4.78 is 29.1. The van der Waals surface area contributed by atoms with E-state index in [1.807, 2.05) is 0 Å². The maximum atomic E-state index is 14.6. The number of imide groups is 1. The Kier molecular flexibility index (Phi) is 6.24. The van der Waals surface area contributed by atoms with Gasteiger partial charge in [-0.05, 0) is 35.7 Å². The lowest BCUT2D eigenvalue weighted by Gasteiger charge is -2.33. The zero-order valence-corrected chi connectivity index (χ0v) is 19.2. The number of carbonyl (C=O) groups excluding carboxylic acids is 4. The zero-order chi connectivity index (χ0) is 24.8. The summed E-state index contributed by atoms with van der Waals surface area (Å²) in [6, 6.07) is 7.18. The summed E-state index contributed by atoms with van der Waals surface area (Å²) in [5, 5.41) is 4.82. The number of hydrogen-bond acceptors (Lipinski definition) is 4. The lowest BCUT2D eigenvalue weighted by Crippen LogP contribution is -2.53. The maximum Gasteiger partial charge on any atom is 0.349 e. The summed E-state index contributed by atoms with van der Waals surface area (Å²) in [4.78, 5) is 50.6. The quantitative estimate of drug-likeness (QED) is 0.457. The van der Waals surface area contributed by atoms with Crippen LogP contribution in [0.1, 0.15) is 45.8 Å². The van der Waals surface area contributed by atoms with E-state index in [-0.39, 0.29) is 36.2 Å². The molecule has 0 radical (unpaired) electrons. The molecule has 7 nitrogen and oxygen atoms in total. The molecule has 1 fully saturated rings. The molecule has 2 unspecified atom stereocenters. The van der Waals surface area contributed by atoms with E-state index in [0.29, 0.717) is 22.2 Å². The summed E-state index contributed by atoms with van der Waals surface area (Å²) in [5.74, 6) is -6.88. The highest BCUT2D eigenvalue weighted by Gasteiger charge is 2.44. The summed E-state index contributed by atoms with van der Waals surface area (Å²) >= 11 is 5.73. The molecule has 0 aromatic heterocycles. The van der Waals surface area contributed by atoms with Crippen molar-refractivity contribution in [1.82, 2.24) is 15.5 Å². The Labute approximate surface area is 201 Å². The van der Waals surface area contributed by atoms with E-state index in [1.54, 1.807) is 27.8 Å². The molecule has 2 aromatic rings. The van der Waals surface area contributed by atoms with Gasteiger partial charge in [0.05, 0.1) is 0 Å². The van der Waals surface area contributed by atoms with Crippen molar-refractivity contribution in [2.45, 2.75) is 37.3 Å². The molecule has 12 heteroatoms. The second kappa shape index (κ2) is 8.87. The van der Waals surface area contributed by atoms with Gasteiger partial charge in [0, 0.05) is 35.1 Å². The molecule has 2 N–H and O–H groups in total. The first-order valence-corrected chi connectivity index (χ1v) is 11.1. The number of alkyl halides is 2. The van der Waals surface area contributed by atoms with Crippen LogP contribution in [0.3, 0.4) is 0 Å². The zero-order valence-electron chi connectivity index (χ0n) is 18.5. The summed E-state index contributed by atoms with van der Waals surface area (Å²) in [6.45, 7) is -0.166. The largest absolute Gasteiger partial charge is 0.349 e. The first-order valence-electron chi connectivity index (χ1n) is 10.7. The fourth-order valence-electron chi connectivity index (χ4n) is 4.58. The van der Waals surface area contributed by atoms with Crippen LogP contribution in [0.2, 0.25) is 5.02 Å². The highest BCUT2D eigenvalue weighted by atomic mass is 35.5. The second-order valence-corrected chi connectivity index (χ2v) is 8.87. The van der Waals surface area contributed by atoms with Crippen molar-refractivity contribution in [2.75, 3.05) is 0 Å². The Balaban J connectivity index is 1.53. The fraction of sp³-hybridized carbons (Fsp3) is 0.273. The van der Waals surface area contributed by atoms with Crippen molar-refractivity contribution in [2.24, 2.45) is 0 Å². The molecular formula is C22H20B2ClF2N3O4. The number of halogens is 3. The summed E-state index contributed by atoms with van der Waals surface area (Å²) in [7, 11) is 3.52. The molecule has 2 atom stereocenters. The normalized spacial score (nSPS) is 20.2. The van der Waals surface area contributed by atoms with E-state index in [1.165, 1.54) is 17.0 Å². The SMILES string of the molecule is Bc1c(CNC(=O)C(F)(F)c2ccc(Cl)cc2)ccc2c1C(B)N(C1CCC(=O)NC1=O)C2=O. The van der Waals surface area contributed by atoms with Crippen LogP contribution in [-0.2, 0) is 26.9 Å². The van der Waals surface area contributed by atoms with Crippen LogP contribution in [-0.4, -0.2) is 50.3 Å². The smallest absolute Gasteiger partial charge is 0.346 e. The number of benzene rings is 2. The number of piperidine rings is 1. The molecule has 34 heavy (non-hydrogen) atoms. The molecule has 0 aliphatic carbocycles. The molecule has 1 saturated heterocycles. The highest BCUT2D eigenvalue weighted by Crippen LogP contribution is 2.34. The number of carbonyl (C=O) groups is 4. The van der Waals surface area contributed by atoms with Crippen LogP contribution in [0.25, 0.3) is 0 Å². The van der Waals surface area contributed by atoms with Gasteiger partial charge in [0.15, 0.2) is 0 Å². The van der Waals surface area contributed by atoms with E-state index in [0.717, 1.165) is 12.1 Å². The van der Waals surface area contributed by atoms with Crippen molar-refractivity contribution in [3.8, 4) is 0 Å². The number of fused-ring (bicyclic) bond motifs is 1. The minimum Gasteiger partial charge on any atom is -0.346 e. The van der Waals surface area contributed by atoms with Crippen molar-refractivity contribution < 1.29 is 28.0 Å². The third-order valence-electron chi connectivity index (χ3n) is 6.40. The molecule has 174 valence electrons. The number of rotatable bonds is 5. The van der Waals surface area contributed by atoms with E-state index in [9.17, 15) is 28.0 Å². The van der Waals surface area contributed by atoms with Crippen molar-refractivity contribution in [3.63, 3.8) is 0 Å². The average molecular weight is 485 g/mol. The third kappa shape index (κ3) is 4.09. The van der Waals surface area contributed by atoms with Gasteiger partial charge in [0.1, 0.15) is 21.7 Å². The third-order valence-corrected chi connectivity index (χ3v) is 6.66. The molecule has 4 rings (SSSR count). The molecular weight excluding hydrogens is 465 g/mol. The predicted octanol–water partition coefficient (Wildman–Crippen LogP) is -0.101. The number of nitrogens with zero attached hydrogens (tertiary/aromatic N) is 1. The van der Waals surface area contributed by atoms with Gasteiger partial charge in [-0.2, -0.15) is 8.78 Å². The van der Waals surface area contributed by atoms with Crippen LogP contribution >= 0.6 is 11.6 Å². The van der Waals surface area contributed by atoms with E-state index in [2.05, 4.69) is 10.6 Å². The molecule has 0 bridgehead atoms. The fourth-order valence-corrected chi connectivity index (χ4v) is 4.71. The molecule has 2 heterocycles. The summed E-state index contributed by atoms with van der Waals surface area (Å²) in [6.07, 6.45) is 0.373. The van der Waals surface area contributed by atoms with Crippen molar-refractivity contribution in [3.05, 3.63) is 63.7 Å². The molecule has 2 aliphatic heterocycles.